The Kier molecular flexibility index (Phi) is 3.36. The molecule has 17 heavy (non-hydrogen) atoms. The van der Waals surface area contributed by atoms with Crippen molar-refractivity contribution in [2.45, 2.75) is 12.8 Å². The molecule has 1 aromatic heterocycles. The summed E-state index contributed by atoms with van der Waals surface area (Å²) >= 11 is 5.82. The van der Waals surface area contributed by atoms with E-state index >= 15 is 0 Å². The number of benzene rings is 1. The summed E-state index contributed by atoms with van der Waals surface area (Å²) in [6.07, 6.45) is 0. The van der Waals surface area contributed by atoms with Crippen LogP contribution in [0.4, 0.5) is 0 Å². The van der Waals surface area contributed by atoms with Crippen LogP contribution in [0.25, 0.3) is 0 Å². The van der Waals surface area contributed by atoms with Crippen LogP contribution >= 0.6 is 11.6 Å². The Morgan fingerprint density at radius 3 is 2.35 bits per heavy atom. The predicted molar refractivity (Wildman–Crippen MR) is 65.7 cm³/mol. The van der Waals surface area contributed by atoms with E-state index in [0.29, 0.717) is 10.7 Å². The molecule has 4 heteroatoms. The Labute approximate surface area is 105 Å². The number of aryl methyl sites for hydroxylation is 1. The van der Waals surface area contributed by atoms with E-state index in [4.69, 9.17) is 11.6 Å². The summed E-state index contributed by atoms with van der Waals surface area (Å²) in [4.78, 5) is 0. The van der Waals surface area contributed by atoms with Crippen molar-refractivity contribution in [2.75, 3.05) is 0 Å². The molecule has 0 fully saturated rings. The summed E-state index contributed by atoms with van der Waals surface area (Å²) in [5.41, 5.74) is 2.36. The molecule has 1 unspecified atom stereocenters. The Bertz CT molecular complexity index is 495. The molecule has 0 aliphatic heterocycles. The maximum Gasteiger partial charge on any atom is 0.115 e. The monoisotopic (exact) mass is 243 g/mol. The van der Waals surface area contributed by atoms with Gasteiger partial charge < -0.3 is 0 Å². The first-order valence-corrected chi connectivity index (χ1v) is 5.54. The maximum absolute atomic E-state index is 9.22. The highest BCUT2D eigenvalue weighted by molar-refractivity contribution is 6.30. The van der Waals surface area contributed by atoms with Gasteiger partial charge in [0.25, 0.3) is 0 Å². The molecule has 0 bridgehead atoms. The summed E-state index contributed by atoms with van der Waals surface area (Å²) in [6, 6.07) is 13.1. The van der Waals surface area contributed by atoms with Crippen molar-refractivity contribution < 1.29 is 0 Å². The van der Waals surface area contributed by atoms with Gasteiger partial charge >= 0.3 is 0 Å². The van der Waals surface area contributed by atoms with Crippen molar-refractivity contribution in [3.05, 3.63) is 58.4 Å². The summed E-state index contributed by atoms with van der Waals surface area (Å²) < 4.78 is 0. The van der Waals surface area contributed by atoms with Crippen LogP contribution in [0.15, 0.2) is 36.4 Å². The molecule has 0 radical (unpaired) electrons. The standard InChI is InChI=1S/C13H10ClN3/c1-9-2-7-13(17-16-9)12(8-15)10-3-5-11(14)6-4-10/h2-7,12H,1H3. The first-order valence-electron chi connectivity index (χ1n) is 5.16. The lowest BCUT2D eigenvalue weighted by atomic mass is 9.97. The largest absolute Gasteiger partial charge is 0.197 e. The normalized spacial score (nSPS) is 11.8. The van der Waals surface area contributed by atoms with Gasteiger partial charge in [0.1, 0.15) is 5.92 Å². The molecule has 0 spiro atoms. The van der Waals surface area contributed by atoms with Gasteiger partial charge in [-0.25, -0.2) is 0 Å². The average Bonchev–Trinajstić information content (AvgIpc) is 2.35. The summed E-state index contributed by atoms with van der Waals surface area (Å²) in [5, 5.41) is 17.9. The number of hydrogen-bond acceptors (Lipinski definition) is 3. The molecule has 0 amide bonds. The molecule has 2 rings (SSSR count). The van der Waals surface area contributed by atoms with Gasteiger partial charge in [-0.15, -0.1) is 0 Å². The Morgan fingerprint density at radius 2 is 1.82 bits per heavy atom. The van der Waals surface area contributed by atoms with E-state index in [1.165, 1.54) is 0 Å². The van der Waals surface area contributed by atoms with Gasteiger partial charge in [-0.05, 0) is 36.8 Å². The number of rotatable bonds is 2. The Hall–Kier alpha value is -1.92. The first-order chi connectivity index (χ1) is 8.20. The second kappa shape index (κ2) is 4.94. The van der Waals surface area contributed by atoms with Gasteiger partial charge in [0.15, 0.2) is 0 Å². The number of hydrogen-bond donors (Lipinski definition) is 0. The molecule has 1 atom stereocenters. The fourth-order valence-corrected chi connectivity index (χ4v) is 1.66. The fourth-order valence-electron chi connectivity index (χ4n) is 1.53. The minimum absolute atomic E-state index is 0.402. The van der Waals surface area contributed by atoms with E-state index in [0.717, 1.165) is 11.3 Å². The van der Waals surface area contributed by atoms with Crippen LogP contribution in [0.2, 0.25) is 5.02 Å². The topological polar surface area (TPSA) is 49.6 Å². The summed E-state index contributed by atoms with van der Waals surface area (Å²) in [5.74, 6) is -0.402. The van der Waals surface area contributed by atoms with Crippen molar-refractivity contribution in [2.24, 2.45) is 0 Å². The van der Waals surface area contributed by atoms with E-state index in [9.17, 15) is 5.26 Å². The highest BCUT2D eigenvalue weighted by Crippen LogP contribution is 2.23. The van der Waals surface area contributed by atoms with Gasteiger partial charge in [0, 0.05) is 5.02 Å². The van der Waals surface area contributed by atoms with Gasteiger partial charge in [-0.2, -0.15) is 15.5 Å². The third-order valence-electron chi connectivity index (χ3n) is 2.45. The van der Waals surface area contributed by atoms with E-state index in [1.54, 1.807) is 12.1 Å². The van der Waals surface area contributed by atoms with Crippen LogP contribution < -0.4 is 0 Å². The zero-order valence-electron chi connectivity index (χ0n) is 9.26. The number of nitrogens with zero attached hydrogens (tertiary/aromatic N) is 3. The number of aromatic nitrogens is 2. The van der Waals surface area contributed by atoms with E-state index < -0.39 is 5.92 Å². The van der Waals surface area contributed by atoms with Crippen LogP contribution in [-0.4, -0.2) is 10.2 Å². The predicted octanol–water partition coefficient (Wildman–Crippen LogP) is 3.09. The second-order valence-corrected chi connectivity index (χ2v) is 4.15. The van der Waals surface area contributed by atoms with Crippen LogP contribution in [0.1, 0.15) is 22.9 Å². The molecule has 3 nitrogen and oxygen atoms in total. The van der Waals surface area contributed by atoms with Crippen molar-refractivity contribution in [3.8, 4) is 6.07 Å². The molecule has 0 N–H and O–H groups in total. The number of nitriles is 1. The average molecular weight is 244 g/mol. The van der Waals surface area contributed by atoms with Gasteiger partial charge in [-0.1, -0.05) is 23.7 Å². The van der Waals surface area contributed by atoms with Gasteiger partial charge in [0.05, 0.1) is 17.5 Å². The van der Waals surface area contributed by atoms with Crippen LogP contribution in [0, 0.1) is 18.3 Å². The SMILES string of the molecule is Cc1ccc(C(C#N)c2ccc(Cl)cc2)nn1. The minimum atomic E-state index is -0.402. The van der Waals surface area contributed by atoms with E-state index in [2.05, 4.69) is 16.3 Å². The molecule has 0 aliphatic rings. The highest BCUT2D eigenvalue weighted by Gasteiger charge is 2.14. The van der Waals surface area contributed by atoms with Crippen LogP contribution in [0.5, 0.6) is 0 Å². The minimum Gasteiger partial charge on any atom is -0.197 e. The van der Waals surface area contributed by atoms with Gasteiger partial charge in [0.2, 0.25) is 0 Å². The summed E-state index contributed by atoms with van der Waals surface area (Å²) in [7, 11) is 0. The zero-order valence-corrected chi connectivity index (χ0v) is 10.0. The quantitative estimate of drug-likeness (QED) is 0.814. The van der Waals surface area contributed by atoms with Crippen LogP contribution in [-0.2, 0) is 0 Å². The lowest BCUT2D eigenvalue weighted by molar-refractivity contribution is 0.865. The van der Waals surface area contributed by atoms with Crippen molar-refractivity contribution >= 4 is 11.6 Å². The second-order valence-electron chi connectivity index (χ2n) is 3.71. The molecule has 1 aromatic carbocycles. The van der Waals surface area contributed by atoms with E-state index in [1.807, 2.05) is 31.2 Å². The zero-order chi connectivity index (χ0) is 12.3. The van der Waals surface area contributed by atoms with Crippen molar-refractivity contribution in [1.82, 2.24) is 10.2 Å². The lowest BCUT2D eigenvalue weighted by Crippen LogP contribution is -2.02. The van der Waals surface area contributed by atoms with Gasteiger partial charge in [-0.3, -0.25) is 0 Å². The molecule has 0 saturated carbocycles. The molecular formula is C13H10ClN3. The molecule has 0 aliphatic carbocycles. The third-order valence-corrected chi connectivity index (χ3v) is 2.70. The molecule has 1 heterocycles. The molecule has 84 valence electrons. The maximum atomic E-state index is 9.22. The molecule has 2 aromatic rings. The molecular weight excluding hydrogens is 234 g/mol. The first kappa shape index (κ1) is 11.6. The van der Waals surface area contributed by atoms with Crippen molar-refractivity contribution in [3.63, 3.8) is 0 Å². The molecule has 0 saturated heterocycles. The lowest BCUT2D eigenvalue weighted by Gasteiger charge is -2.08. The Balaban J connectivity index is 2.37. The van der Waals surface area contributed by atoms with Crippen LogP contribution in [0.3, 0.4) is 0 Å². The summed E-state index contributed by atoms with van der Waals surface area (Å²) in [6.45, 7) is 1.86. The Morgan fingerprint density at radius 1 is 1.12 bits per heavy atom. The third kappa shape index (κ3) is 2.61. The number of halogens is 1. The van der Waals surface area contributed by atoms with E-state index in [-0.39, 0.29) is 0 Å². The highest BCUT2D eigenvalue weighted by atomic mass is 35.5. The fraction of sp³-hybridized carbons (Fsp3) is 0.154. The smallest absolute Gasteiger partial charge is 0.115 e. The van der Waals surface area contributed by atoms with Crippen molar-refractivity contribution in [1.29, 1.82) is 5.26 Å².